The molecule has 0 bridgehead atoms. The Morgan fingerprint density at radius 3 is 2.75 bits per heavy atom. The van der Waals surface area contributed by atoms with Gasteiger partial charge in [-0.15, -0.1) is 11.8 Å². The summed E-state index contributed by atoms with van der Waals surface area (Å²) in [5.74, 6) is 1.16. The molecule has 2 heterocycles. The number of carbonyl (C=O) groups excluding carboxylic acids is 1. The molecular formula is C19H19BrFNOS. The molecule has 1 aromatic carbocycles. The highest BCUT2D eigenvalue weighted by atomic mass is 79.9. The second-order valence-electron chi connectivity index (χ2n) is 6.49. The Morgan fingerprint density at radius 2 is 1.92 bits per heavy atom. The fourth-order valence-corrected chi connectivity index (χ4v) is 5.36. The molecule has 2 aliphatic heterocycles. The summed E-state index contributed by atoms with van der Waals surface area (Å²) in [6, 6.07) is 5.17. The molecule has 0 saturated carbocycles. The predicted octanol–water partition coefficient (Wildman–Crippen LogP) is 5.93. The second-order valence-corrected chi connectivity index (χ2v) is 8.53. The lowest BCUT2D eigenvalue weighted by molar-refractivity contribution is -0.116. The lowest BCUT2D eigenvalue weighted by atomic mass is 9.88. The van der Waals surface area contributed by atoms with E-state index in [1.165, 1.54) is 29.5 Å². The zero-order valence-corrected chi connectivity index (χ0v) is 15.8. The molecule has 0 radical (unpaired) electrons. The van der Waals surface area contributed by atoms with Gasteiger partial charge in [-0.1, -0.05) is 0 Å². The molecule has 0 fully saturated rings. The molecule has 0 atom stereocenters. The summed E-state index contributed by atoms with van der Waals surface area (Å²) in [7, 11) is 0. The van der Waals surface area contributed by atoms with Gasteiger partial charge in [-0.25, -0.2) is 4.39 Å². The van der Waals surface area contributed by atoms with E-state index in [2.05, 4.69) is 20.8 Å². The van der Waals surface area contributed by atoms with Crippen LogP contribution in [0.5, 0.6) is 0 Å². The molecule has 5 heteroatoms. The highest BCUT2D eigenvalue weighted by Gasteiger charge is 2.34. The van der Waals surface area contributed by atoms with E-state index in [0.717, 1.165) is 48.4 Å². The van der Waals surface area contributed by atoms with Crippen molar-refractivity contribution in [2.75, 3.05) is 10.7 Å². The van der Waals surface area contributed by atoms with Crippen molar-refractivity contribution < 1.29 is 9.18 Å². The molecule has 126 valence electrons. The van der Waals surface area contributed by atoms with E-state index in [9.17, 15) is 9.18 Å². The van der Waals surface area contributed by atoms with Crippen LogP contribution in [0.15, 0.2) is 44.5 Å². The third-order valence-electron chi connectivity index (χ3n) is 4.95. The number of rotatable bonds is 1. The van der Waals surface area contributed by atoms with Crippen molar-refractivity contribution in [3.05, 3.63) is 50.4 Å². The lowest BCUT2D eigenvalue weighted by Gasteiger charge is -2.38. The van der Waals surface area contributed by atoms with Gasteiger partial charge in [-0.2, -0.15) is 0 Å². The highest BCUT2D eigenvalue weighted by molar-refractivity contribution is 9.10. The number of nitrogens with zero attached hydrogens (tertiary/aromatic N) is 1. The van der Waals surface area contributed by atoms with Crippen LogP contribution in [-0.4, -0.2) is 11.5 Å². The Balaban J connectivity index is 1.86. The summed E-state index contributed by atoms with van der Waals surface area (Å²) >= 11 is 5.21. The van der Waals surface area contributed by atoms with Gasteiger partial charge in [0.1, 0.15) is 5.82 Å². The van der Waals surface area contributed by atoms with Crippen LogP contribution in [0.3, 0.4) is 0 Å². The molecule has 1 aromatic rings. The molecule has 0 N–H and O–H groups in total. The minimum Gasteiger partial charge on any atom is -0.317 e. The first-order valence-corrected chi connectivity index (χ1v) is 10.3. The first-order valence-electron chi connectivity index (χ1n) is 8.50. The quantitative estimate of drug-likeness (QED) is 0.574. The number of halogens is 2. The van der Waals surface area contributed by atoms with Crippen LogP contribution >= 0.6 is 27.7 Å². The minimum atomic E-state index is -0.255. The predicted molar refractivity (Wildman–Crippen MR) is 100 cm³/mol. The third kappa shape index (κ3) is 2.86. The van der Waals surface area contributed by atoms with Gasteiger partial charge in [0.2, 0.25) is 0 Å². The summed E-state index contributed by atoms with van der Waals surface area (Å²) in [5, 5.41) is 0. The Bertz CT molecular complexity index is 771. The number of Topliss-reactive ketones (excluding diaryl/α,β-unsaturated/α-hetero) is 1. The van der Waals surface area contributed by atoms with Gasteiger partial charge in [0, 0.05) is 40.4 Å². The Morgan fingerprint density at radius 1 is 1.08 bits per heavy atom. The third-order valence-corrected chi connectivity index (χ3v) is 6.78. The monoisotopic (exact) mass is 407 g/mol. The number of benzene rings is 1. The average Bonchev–Trinajstić information content (AvgIpc) is 2.81. The van der Waals surface area contributed by atoms with Crippen LogP contribution in [0.2, 0.25) is 0 Å². The van der Waals surface area contributed by atoms with Gasteiger partial charge in [0.15, 0.2) is 5.78 Å². The number of allylic oxidation sites excluding steroid dienone is 4. The van der Waals surface area contributed by atoms with E-state index < -0.39 is 0 Å². The van der Waals surface area contributed by atoms with Crippen LogP contribution in [0.25, 0.3) is 0 Å². The van der Waals surface area contributed by atoms with E-state index >= 15 is 0 Å². The van der Waals surface area contributed by atoms with Crippen molar-refractivity contribution in [3.8, 4) is 0 Å². The van der Waals surface area contributed by atoms with Crippen molar-refractivity contribution in [1.29, 1.82) is 0 Å². The number of ketones is 1. The normalized spacial score (nSPS) is 21.6. The fourth-order valence-electron chi connectivity index (χ4n) is 3.79. The van der Waals surface area contributed by atoms with Gasteiger partial charge >= 0.3 is 0 Å². The number of hydrogen-bond acceptors (Lipinski definition) is 3. The SMILES string of the molecule is O=C1CCCC2=C1CC1=C(CCCCS1)N2c1ccc(F)c(Br)c1. The van der Waals surface area contributed by atoms with Crippen LogP contribution < -0.4 is 4.90 Å². The zero-order valence-electron chi connectivity index (χ0n) is 13.4. The molecule has 24 heavy (non-hydrogen) atoms. The Labute approximate surface area is 154 Å². The lowest BCUT2D eigenvalue weighted by Crippen LogP contribution is -2.31. The van der Waals surface area contributed by atoms with Crippen molar-refractivity contribution in [1.82, 2.24) is 0 Å². The van der Waals surface area contributed by atoms with E-state index in [1.54, 1.807) is 0 Å². The highest BCUT2D eigenvalue weighted by Crippen LogP contribution is 2.46. The molecule has 0 aromatic heterocycles. The number of anilines is 1. The summed E-state index contributed by atoms with van der Waals surface area (Å²) in [6.45, 7) is 0. The number of hydrogen-bond donors (Lipinski definition) is 0. The van der Waals surface area contributed by atoms with Gasteiger partial charge in [0.25, 0.3) is 0 Å². The summed E-state index contributed by atoms with van der Waals surface area (Å²) in [6.07, 6.45) is 6.70. The van der Waals surface area contributed by atoms with Crippen LogP contribution in [0.1, 0.15) is 44.9 Å². The van der Waals surface area contributed by atoms with Gasteiger partial charge in [0.05, 0.1) is 4.47 Å². The maximum Gasteiger partial charge on any atom is 0.160 e. The van der Waals surface area contributed by atoms with Crippen molar-refractivity contribution in [2.45, 2.75) is 44.9 Å². The maximum atomic E-state index is 13.7. The molecular weight excluding hydrogens is 389 g/mol. The largest absolute Gasteiger partial charge is 0.317 e. The molecule has 4 rings (SSSR count). The summed E-state index contributed by atoms with van der Waals surface area (Å²) in [5.41, 5.74) is 4.41. The van der Waals surface area contributed by atoms with E-state index in [-0.39, 0.29) is 5.82 Å². The second kappa shape index (κ2) is 6.68. The maximum absolute atomic E-state index is 13.7. The fraction of sp³-hybridized carbons (Fsp3) is 0.421. The van der Waals surface area contributed by atoms with Gasteiger partial charge in [-0.05, 0) is 72.0 Å². The standard InChI is InChI=1S/C19H19BrFNOS/c20-14-10-12(7-8-15(14)21)22-16-5-3-6-18(23)13(16)11-19-17(22)4-1-2-9-24-19/h7-8,10H,1-6,9,11H2. The molecule has 2 nitrogen and oxygen atoms in total. The van der Waals surface area contributed by atoms with E-state index in [1.807, 2.05) is 23.9 Å². The molecule has 3 aliphatic rings. The Kier molecular flexibility index (Phi) is 4.56. The van der Waals surface area contributed by atoms with Crippen molar-refractivity contribution in [2.24, 2.45) is 0 Å². The summed E-state index contributed by atoms with van der Waals surface area (Å²) < 4.78 is 14.2. The number of thioether (sulfide) groups is 1. The molecule has 0 unspecified atom stereocenters. The molecule has 1 aliphatic carbocycles. The van der Waals surface area contributed by atoms with Crippen LogP contribution in [-0.2, 0) is 4.79 Å². The smallest absolute Gasteiger partial charge is 0.160 e. The van der Waals surface area contributed by atoms with Gasteiger partial charge in [-0.3, -0.25) is 4.79 Å². The van der Waals surface area contributed by atoms with Crippen LogP contribution in [0.4, 0.5) is 10.1 Å². The van der Waals surface area contributed by atoms with E-state index in [4.69, 9.17) is 0 Å². The molecule has 0 amide bonds. The molecule has 0 spiro atoms. The number of carbonyl (C=O) groups is 1. The first-order chi connectivity index (χ1) is 11.6. The van der Waals surface area contributed by atoms with Crippen LogP contribution in [0, 0.1) is 5.82 Å². The van der Waals surface area contributed by atoms with Crippen molar-refractivity contribution in [3.63, 3.8) is 0 Å². The van der Waals surface area contributed by atoms with Crippen molar-refractivity contribution >= 4 is 39.2 Å². The average molecular weight is 408 g/mol. The minimum absolute atomic E-state index is 0.255. The first kappa shape index (κ1) is 16.4. The van der Waals surface area contributed by atoms with Gasteiger partial charge < -0.3 is 4.90 Å². The molecule has 0 saturated heterocycles. The zero-order chi connectivity index (χ0) is 16.7. The topological polar surface area (TPSA) is 20.3 Å². The Hall–Kier alpha value is -1.07. The van der Waals surface area contributed by atoms with E-state index in [0.29, 0.717) is 16.7 Å². The summed E-state index contributed by atoms with van der Waals surface area (Å²) in [4.78, 5) is 16.1.